The van der Waals surface area contributed by atoms with Crippen LogP contribution in [0.1, 0.15) is 5.56 Å². The highest BCUT2D eigenvalue weighted by Crippen LogP contribution is 2.26. The van der Waals surface area contributed by atoms with Gasteiger partial charge in [-0.3, -0.25) is 0 Å². The van der Waals surface area contributed by atoms with Gasteiger partial charge in [0.1, 0.15) is 5.82 Å². The fourth-order valence-electron chi connectivity index (χ4n) is 0.882. The van der Waals surface area contributed by atoms with Gasteiger partial charge in [0.15, 0.2) is 11.6 Å². The molecule has 0 bridgehead atoms. The zero-order valence-electron chi connectivity index (χ0n) is 6.70. The average Bonchev–Trinajstić information content (AvgIpc) is 2.12. The smallest absolute Gasteiger partial charge is 0.201 e. The molecule has 0 aliphatic heterocycles. The van der Waals surface area contributed by atoms with Gasteiger partial charge in [-0.1, -0.05) is 15.9 Å². The molecule has 0 saturated heterocycles. The van der Waals surface area contributed by atoms with E-state index in [1.165, 1.54) is 0 Å². The monoisotopic (exact) mass is 254 g/mol. The number of alkyl halides is 1. The molecule has 1 aromatic rings. The van der Waals surface area contributed by atoms with Crippen LogP contribution in [0.3, 0.4) is 0 Å². The molecule has 1 aromatic carbocycles. The zero-order valence-corrected chi connectivity index (χ0v) is 8.29. The molecule has 1 rings (SSSR count). The van der Waals surface area contributed by atoms with E-state index in [-0.39, 0.29) is 10.9 Å². The third-order valence-electron chi connectivity index (χ3n) is 1.57. The summed E-state index contributed by atoms with van der Waals surface area (Å²) in [5.41, 5.74) is -0.335. The molecule has 0 saturated carbocycles. The summed E-state index contributed by atoms with van der Waals surface area (Å²) in [6.45, 7) is 0. The Morgan fingerprint density at radius 1 is 1.31 bits per heavy atom. The molecule has 5 heteroatoms. The van der Waals surface area contributed by atoms with Crippen molar-refractivity contribution >= 4 is 15.9 Å². The van der Waals surface area contributed by atoms with Crippen molar-refractivity contribution in [2.45, 2.75) is 5.33 Å². The second-order valence-electron chi connectivity index (χ2n) is 2.30. The third-order valence-corrected chi connectivity index (χ3v) is 2.13. The van der Waals surface area contributed by atoms with E-state index < -0.39 is 23.2 Å². The van der Waals surface area contributed by atoms with Gasteiger partial charge in [-0.15, -0.1) is 0 Å². The Bertz CT molecular complexity index is 328. The van der Waals surface area contributed by atoms with Gasteiger partial charge in [-0.2, -0.15) is 4.39 Å². The maximum Gasteiger partial charge on any atom is 0.201 e. The van der Waals surface area contributed by atoms with Gasteiger partial charge in [-0.25, -0.2) is 8.78 Å². The predicted octanol–water partition coefficient (Wildman–Crippen LogP) is 3.01. The van der Waals surface area contributed by atoms with Gasteiger partial charge < -0.3 is 4.74 Å². The Morgan fingerprint density at radius 3 is 2.38 bits per heavy atom. The molecule has 0 fully saturated rings. The first-order chi connectivity index (χ1) is 6.11. The van der Waals surface area contributed by atoms with Gasteiger partial charge in [0.05, 0.1) is 7.11 Å². The second-order valence-corrected chi connectivity index (χ2v) is 2.86. The summed E-state index contributed by atoms with van der Waals surface area (Å²) in [6, 6.07) is 0.814. The molecule has 0 heterocycles. The number of rotatable bonds is 2. The van der Waals surface area contributed by atoms with Crippen molar-refractivity contribution in [1.82, 2.24) is 0 Å². The average molecular weight is 255 g/mol. The number of benzene rings is 1. The number of hydrogen-bond acceptors (Lipinski definition) is 1. The van der Waals surface area contributed by atoms with Crippen molar-refractivity contribution in [3.63, 3.8) is 0 Å². The highest BCUT2D eigenvalue weighted by atomic mass is 79.9. The first kappa shape index (κ1) is 10.4. The summed E-state index contributed by atoms with van der Waals surface area (Å²) in [6.07, 6.45) is 0. The molecule has 0 amide bonds. The van der Waals surface area contributed by atoms with Gasteiger partial charge in [0.25, 0.3) is 0 Å². The summed E-state index contributed by atoms with van der Waals surface area (Å²) in [4.78, 5) is 0. The van der Waals surface area contributed by atoms with E-state index >= 15 is 0 Å². The van der Waals surface area contributed by atoms with Gasteiger partial charge in [-0.05, 0) is 0 Å². The maximum absolute atomic E-state index is 13.0. The number of halogens is 4. The predicted molar refractivity (Wildman–Crippen MR) is 45.5 cm³/mol. The van der Waals surface area contributed by atoms with Crippen LogP contribution in [0.2, 0.25) is 0 Å². The number of methoxy groups -OCH3 is 1. The zero-order chi connectivity index (χ0) is 10.0. The van der Waals surface area contributed by atoms with Crippen LogP contribution in [0, 0.1) is 17.5 Å². The van der Waals surface area contributed by atoms with Gasteiger partial charge >= 0.3 is 0 Å². The van der Waals surface area contributed by atoms with E-state index in [4.69, 9.17) is 0 Å². The minimum absolute atomic E-state index is 0.0778. The lowest BCUT2D eigenvalue weighted by Crippen LogP contribution is -2.00. The maximum atomic E-state index is 13.0. The lowest BCUT2D eigenvalue weighted by atomic mass is 10.2. The van der Waals surface area contributed by atoms with E-state index in [1.54, 1.807) is 0 Å². The summed E-state index contributed by atoms with van der Waals surface area (Å²) in [5.74, 6) is -3.64. The van der Waals surface area contributed by atoms with E-state index in [2.05, 4.69) is 20.7 Å². The molecule has 72 valence electrons. The first-order valence-electron chi connectivity index (χ1n) is 3.38. The van der Waals surface area contributed by atoms with Crippen molar-refractivity contribution in [2.24, 2.45) is 0 Å². The standard InChI is InChI=1S/C8H6BrF3O/c1-13-6-2-5(10)4(3-9)7(11)8(6)12/h2H,3H2,1H3. The van der Waals surface area contributed by atoms with E-state index in [0.717, 1.165) is 13.2 Å². The number of ether oxygens (including phenoxy) is 1. The highest BCUT2D eigenvalue weighted by Gasteiger charge is 2.17. The minimum atomic E-state index is -1.21. The third kappa shape index (κ3) is 1.80. The Kier molecular flexibility index (Phi) is 3.19. The van der Waals surface area contributed by atoms with Crippen LogP contribution in [0.4, 0.5) is 13.2 Å². The topological polar surface area (TPSA) is 9.23 Å². The lowest BCUT2D eigenvalue weighted by molar-refractivity contribution is 0.364. The molecule has 0 aliphatic rings. The van der Waals surface area contributed by atoms with Crippen LogP contribution < -0.4 is 4.74 Å². The van der Waals surface area contributed by atoms with E-state index in [0.29, 0.717) is 0 Å². The molecule has 13 heavy (non-hydrogen) atoms. The Hall–Kier alpha value is -0.710. The van der Waals surface area contributed by atoms with Crippen LogP contribution in [0.15, 0.2) is 6.07 Å². The second kappa shape index (κ2) is 4.00. The van der Waals surface area contributed by atoms with Crippen molar-refractivity contribution in [1.29, 1.82) is 0 Å². The van der Waals surface area contributed by atoms with Gasteiger partial charge in [0.2, 0.25) is 5.82 Å². The van der Waals surface area contributed by atoms with Crippen LogP contribution in [-0.2, 0) is 5.33 Å². The van der Waals surface area contributed by atoms with E-state index in [9.17, 15) is 13.2 Å². The van der Waals surface area contributed by atoms with Crippen LogP contribution in [0.25, 0.3) is 0 Å². The summed E-state index contributed by atoms with van der Waals surface area (Å²) in [7, 11) is 1.14. The van der Waals surface area contributed by atoms with Crippen molar-refractivity contribution in [2.75, 3.05) is 7.11 Å². The molecule has 0 atom stereocenters. The quantitative estimate of drug-likeness (QED) is 0.583. The van der Waals surface area contributed by atoms with Crippen LogP contribution in [0.5, 0.6) is 5.75 Å². The molecular weight excluding hydrogens is 249 g/mol. The molecule has 0 N–H and O–H groups in total. The Balaban J connectivity index is 3.37. The van der Waals surface area contributed by atoms with Crippen LogP contribution >= 0.6 is 15.9 Å². The van der Waals surface area contributed by atoms with Crippen molar-refractivity contribution < 1.29 is 17.9 Å². The minimum Gasteiger partial charge on any atom is -0.493 e. The summed E-state index contributed by atoms with van der Waals surface area (Å²) in [5, 5.41) is -0.0778. The fourth-order valence-corrected chi connectivity index (χ4v) is 1.40. The molecule has 0 radical (unpaired) electrons. The van der Waals surface area contributed by atoms with Crippen LogP contribution in [-0.4, -0.2) is 7.11 Å². The van der Waals surface area contributed by atoms with Gasteiger partial charge in [0, 0.05) is 17.0 Å². The fraction of sp³-hybridized carbons (Fsp3) is 0.250. The molecule has 0 spiro atoms. The summed E-state index contributed by atoms with van der Waals surface area (Å²) < 4.78 is 43.3. The first-order valence-corrected chi connectivity index (χ1v) is 4.50. The molecule has 0 unspecified atom stereocenters. The largest absolute Gasteiger partial charge is 0.493 e. The number of hydrogen-bond donors (Lipinski definition) is 0. The molecule has 0 aromatic heterocycles. The molecule has 0 aliphatic carbocycles. The SMILES string of the molecule is COc1cc(F)c(CBr)c(F)c1F. The molecule has 1 nitrogen and oxygen atoms in total. The van der Waals surface area contributed by atoms with Crippen molar-refractivity contribution in [3.05, 3.63) is 29.1 Å². The normalized spacial score (nSPS) is 10.2. The highest BCUT2D eigenvalue weighted by molar-refractivity contribution is 9.08. The molecular formula is C8H6BrF3O. The Labute approximate surface area is 81.6 Å². The van der Waals surface area contributed by atoms with Crippen molar-refractivity contribution in [3.8, 4) is 5.75 Å². The lowest BCUT2D eigenvalue weighted by Gasteiger charge is -2.06. The Morgan fingerprint density at radius 2 is 1.92 bits per heavy atom. The van der Waals surface area contributed by atoms with E-state index in [1.807, 2.05) is 0 Å². The summed E-state index contributed by atoms with van der Waals surface area (Å²) >= 11 is 2.85.